The van der Waals surface area contributed by atoms with Gasteiger partial charge in [0.05, 0.1) is 19.8 Å². The second kappa shape index (κ2) is 7.59. The minimum Gasteiger partial charge on any atom is -0.530 e. The minimum absolute atomic E-state index is 0.0492. The van der Waals surface area contributed by atoms with Gasteiger partial charge in [0.25, 0.3) is 11.8 Å². The van der Waals surface area contributed by atoms with Gasteiger partial charge in [-0.1, -0.05) is 0 Å². The molecule has 27 heavy (non-hydrogen) atoms. The Hall–Kier alpha value is -2.56. The summed E-state index contributed by atoms with van der Waals surface area (Å²) in [5.41, 5.74) is -0.647. The number of nitrogens with zero attached hydrogens (tertiary/aromatic N) is 5. The lowest BCUT2D eigenvalue weighted by molar-refractivity contribution is -0.270. The van der Waals surface area contributed by atoms with Crippen molar-refractivity contribution in [2.24, 2.45) is 0 Å². The minimum atomic E-state index is -1.35. The molecular formula is C16H24N5O6-. The lowest BCUT2D eigenvalue weighted by atomic mass is 10.1. The highest BCUT2D eigenvalue weighted by Gasteiger charge is 2.36. The number of anilines is 1. The summed E-state index contributed by atoms with van der Waals surface area (Å²) in [5.74, 6) is 0.495. The number of ether oxygens (including phenoxy) is 2. The molecular weight excluding hydrogens is 358 g/mol. The standard InChI is InChI=1S/C16H25N5O6/c1-16(2,3)26-15(24)20-4-5-21(14(22)23)11(10-20)12-17-13(18-27-12)19-6-8-25-9-7-19/h11H,4-10H2,1-3H3,(H,22,23)/p-1. The van der Waals surface area contributed by atoms with Gasteiger partial charge in [0, 0.05) is 26.2 Å². The van der Waals surface area contributed by atoms with Gasteiger partial charge in [-0.2, -0.15) is 4.98 Å². The summed E-state index contributed by atoms with van der Waals surface area (Å²) in [6.45, 7) is 8.00. The topological polar surface area (TPSA) is 124 Å². The van der Waals surface area contributed by atoms with E-state index < -0.39 is 23.8 Å². The fourth-order valence-corrected chi connectivity index (χ4v) is 2.96. The van der Waals surface area contributed by atoms with Crippen LogP contribution in [0.5, 0.6) is 0 Å². The largest absolute Gasteiger partial charge is 0.530 e. The van der Waals surface area contributed by atoms with Gasteiger partial charge < -0.3 is 38.6 Å². The maximum atomic E-state index is 12.4. The average molecular weight is 382 g/mol. The van der Waals surface area contributed by atoms with E-state index in [1.54, 1.807) is 20.8 Å². The Morgan fingerprint density at radius 2 is 1.89 bits per heavy atom. The molecule has 2 aliphatic rings. The number of rotatable bonds is 2. The first-order valence-corrected chi connectivity index (χ1v) is 8.86. The highest BCUT2D eigenvalue weighted by Crippen LogP contribution is 2.26. The molecule has 11 heteroatoms. The number of aromatic nitrogens is 2. The molecule has 0 bridgehead atoms. The van der Waals surface area contributed by atoms with Gasteiger partial charge in [-0.25, -0.2) is 4.79 Å². The van der Waals surface area contributed by atoms with Crippen molar-refractivity contribution < 1.29 is 28.7 Å². The van der Waals surface area contributed by atoms with Crippen LogP contribution in [0.15, 0.2) is 4.52 Å². The van der Waals surface area contributed by atoms with E-state index in [1.807, 2.05) is 4.90 Å². The zero-order chi connectivity index (χ0) is 19.6. The number of amides is 2. The number of morpholine rings is 1. The molecule has 150 valence electrons. The second-order valence-electron chi connectivity index (χ2n) is 7.43. The van der Waals surface area contributed by atoms with Crippen LogP contribution in [0.25, 0.3) is 0 Å². The molecule has 0 aliphatic carbocycles. The normalized spacial score (nSPS) is 21.3. The van der Waals surface area contributed by atoms with Crippen molar-refractivity contribution in [2.75, 3.05) is 50.8 Å². The van der Waals surface area contributed by atoms with Gasteiger partial charge in [0.2, 0.25) is 0 Å². The van der Waals surface area contributed by atoms with Crippen molar-refractivity contribution in [1.82, 2.24) is 19.9 Å². The molecule has 2 fully saturated rings. The number of carboxylic acid groups (broad SMARTS) is 1. The fourth-order valence-electron chi connectivity index (χ4n) is 2.96. The first-order chi connectivity index (χ1) is 12.7. The molecule has 1 aromatic rings. The van der Waals surface area contributed by atoms with Gasteiger partial charge in [-0.3, -0.25) is 0 Å². The molecule has 11 nitrogen and oxygen atoms in total. The smallest absolute Gasteiger partial charge is 0.410 e. The van der Waals surface area contributed by atoms with E-state index in [0.29, 0.717) is 32.3 Å². The zero-order valence-corrected chi connectivity index (χ0v) is 15.7. The van der Waals surface area contributed by atoms with Crippen LogP contribution in [0.1, 0.15) is 32.7 Å². The maximum absolute atomic E-state index is 12.4. The van der Waals surface area contributed by atoms with Crippen LogP contribution in [0.3, 0.4) is 0 Å². The Labute approximate surface area is 156 Å². The summed E-state index contributed by atoms with van der Waals surface area (Å²) in [4.78, 5) is 32.6. The molecule has 3 heterocycles. The van der Waals surface area contributed by atoms with Crippen LogP contribution in [0.2, 0.25) is 0 Å². The van der Waals surface area contributed by atoms with E-state index in [1.165, 1.54) is 4.90 Å². The molecule has 1 atom stereocenters. The molecule has 0 aromatic carbocycles. The molecule has 2 amide bonds. The Bertz CT molecular complexity index is 681. The van der Waals surface area contributed by atoms with E-state index in [4.69, 9.17) is 14.0 Å². The Morgan fingerprint density at radius 1 is 1.19 bits per heavy atom. The number of piperazine rings is 1. The lowest BCUT2D eigenvalue weighted by Gasteiger charge is -2.41. The number of hydrogen-bond donors (Lipinski definition) is 0. The highest BCUT2D eigenvalue weighted by molar-refractivity contribution is 5.69. The molecule has 2 aliphatic heterocycles. The van der Waals surface area contributed by atoms with Gasteiger partial charge >= 0.3 is 6.09 Å². The second-order valence-corrected chi connectivity index (χ2v) is 7.43. The van der Waals surface area contributed by atoms with Crippen LogP contribution in [-0.4, -0.2) is 83.7 Å². The van der Waals surface area contributed by atoms with Crippen LogP contribution in [0, 0.1) is 0 Å². The van der Waals surface area contributed by atoms with Crippen molar-refractivity contribution in [2.45, 2.75) is 32.4 Å². The molecule has 3 rings (SSSR count). The van der Waals surface area contributed by atoms with Crippen molar-refractivity contribution in [3.05, 3.63) is 5.89 Å². The summed E-state index contributed by atoms with van der Waals surface area (Å²) in [6.07, 6.45) is -1.87. The number of hydrogen-bond acceptors (Lipinski definition) is 9. The Balaban J connectivity index is 1.76. The van der Waals surface area contributed by atoms with E-state index in [9.17, 15) is 14.7 Å². The highest BCUT2D eigenvalue weighted by atomic mass is 16.6. The van der Waals surface area contributed by atoms with E-state index in [2.05, 4.69) is 10.1 Å². The summed E-state index contributed by atoms with van der Waals surface area (Å²) in [5, 5.41) is 15.5. The van der Waals surface area contributed by atoms with Crippen LogP contribution < -0.4 is 10.0 Å². The van der Waals surface area contributed by atoms with E-state index in [0.717, 1.165) is 4.90 Å². The molecule has 0 radical (unpaired) electrons. The van der Waals surface area contributed by atoms with E-state index in [-0.39, 0.29) is 25.5 Å². The van der Waals surface area contributed by atoms with Gasteiger partial charge in [0.1, 0.15) is 17.7 Å². The molecule has 1 unspecified atom stereocenters. The summed E-state index contributed by atoms with van der Waals surface area (Å²) in [7, 11) is 0. The Morgan fingerprint density at radius 3 is 2.52 bits per heavy atom. The van der Waals surface area contributed by atoms with E-state index >= 15 is 0 Å². The molecule has 0 saturated carbocycles. The predicted octanol–water partition coefficient (Wildman–Crippen LogP) is -0.157. The van der Waals surface area contributed by atoms with Crippen molar-refractivity contribution >= 4 is 18.1 Å². The van der Waals surface area contributed by atoms with Crippen molar-refractivity contribution in [3.8, 4) is 0 Å². The first-order valence-electron chi connectivity index (χ1n) is 8.86. The van der Waals surface area contributed by atoms with Gasteiger partial charge in [0.15, 0.2) is 0 Å². The van der Waals surface area contributed by atoms with Crippen molar-refractivity contribution in [1.29, 1.82) is 0 Å². The predicted molar refractivity (Wildman–Crippen MR) is 90.0 cm³/mol. The lowest BCUT2D eigenvalue weighted by Crippen LogP contribution is -2.56. The van der Waals surface area contributed by atoms with Gasteiger partial charge in [-0.15, -0.1) is 0 Å². The summed E-state index contributed by atoms with van der Waals surface area (Å²) < 4.78 is 16.0. The molecule has 0 N–H and O–H groups in total. The number of carbonyl (C=O) groups is 2. The summed E-state index contributed by atoms with van der Waals surface area (Å²) in [6, 6.07) is -0.807. The third-order valence-electron chi connectivity index (χ3n) is 4.28. The van der Waals surface area contributed by atoms with Crippen LogP contribution >= 0.6 is 0 Å². The Kier molecular flexibility index (Phi) is 5.40. The van der Waals surface area contributed by atoms with Crippen LogP contribution in [-0.2, 0) is 9.47 Å². The quantitative estimate of drug-likeness (QED) is 0.686. The fraction of sp³-hybridized carbons (Fsp3) is 0.750. The number of carbonyl (C=O) groups excluding carboxylic acids is 2. The zero-order valence-electron chi connectivity index (χ0n) is 15.7. The first kappa shape index (κ1) is 19.2. The molecule has 0 spiro atoms. The van der Waals surface area contributed by atoms with Gasteiger partial charge in [-0.05, 0) is 25.9 Å². The maximum Gasteiger partial charge on any atom is 0.410 e. The monoisotopic (exact) mass is 382 g/mol. The van der Waals surface area contributed by atoms with Crippen molar-refractivity contribution in [3.63, 3.8) is 0 Å². The third-order valence-corrected chi connectivity index (χ3v) is 4.28. The SMILES string of the molecule is CC(C)(C)OC(=O)N1CCN(C(=O)[O-])C(c2nc(N3CCOCC3)no2)C1. The third kappa shape index (κ3) is 4.59. The summed E-state index contributed by atoms with van der Waals surface area (Å²) >= 11 is 0. The molecule has 1 aromatic heterocycles. The molecule has 2 saturated heterocycles. The van der Waals surface area contributed by atoms with Crippen LogP contribution in [0.4, 0.5) is 15.5 Å². The average Bonchev–Trinajstić information content (AvgIpc) is 3.10.